The second-order valence-corrected chi connectivity index (χ2v) is 6.43. The molecule has 0 aliphatic rings. The van der Waals surface area contributed by atoms with Crippen molar-refractivity contribution in [1.29, 1.82) is 0 Å². The maximum absolute atomic E-state index is 12.2. The SMILES string of the molecule is Cc1cc(NC(=O)CSc2nc3c(=O)n(C)c(=O)n(C)c3n2C)no1. The first kappa shape index (κ1) is 17.0. The van der Waals surface area contributed by atoms with Gasteiger partial charge in [-0.2, -0.15) is 0 Å². The molecule has 0 aliphatic heterocycles. The highest BCUT2D eigenvalue weighted by Gasteiger charge is 2.18. The highest BCUT2D eigenvalue weighted by molar-refractivity contribution is 7.99. The van der Waals surface area contributed by atoms with Gasteiger partial charge < -0.3 is 14.4 Å². The Bertz CT molecular complexity index is 1090. The first-order valence-electron chi connectivity index (χ1n) is 7.28. The fraction of sp³-hybridized carbons (Fsp3) is 0.357. The van der Waals surface area contributed by atoms with Crippen LogP contribution in [0.4, 0.5) is 5.82 Å². The highest BCUT2D eigenvalue weighted by atomic mass is 32.2. The third kappa shape index (κ3) is 2.97. The van der Waals surface area contributed by atoms with Crippen LogP contribution in [0.25, 0.3) is 11.2 Å². The molecular formula is C14H16N6O4S. The van der Waals surface area contributed by atoms with Crippen LogP contribution in [-0.2, 0) is 25.9 Å². The van der Waals surface area contributed by atoms with Crippen LogP contribution in [0.5, 0.6) is 0 Å². The first-order valence-corrected chi connectivity index (χ1v) is 8.26. The van der Waals surface area contributed by atoms with Gasteiger partial charge in [-0.25, -0.2) is 9.78 Å². The van der Waals surface area contributed by atoms with Gasteiger partial charge in [0.25, 0.3) is 5.56 Å². The number of carbonyl (C=O) groups excluding carboxylic acids is 1. The molecule has 3 rings (SSSR count). The van der Waals surface area contributed by atoms with Crippen molar-refractivity contribution in [1.82, 2.24) is 23.8 Å². The van der Waals surface area contributed by atoms with Crippen molar-refractivity contribution in [3.63, 3.8) is 0 Å². The average molecular weight is 364 g/mol. The van der Waals surface area contributed by atoms with Crippen molar-refractivity contribution in [2.45, 2.75) is 12.1 Å². The minimum absolute atomic E-state index is 0.0668. The minimum Gasteiger partial charge on any atom is -0.360 e. The van der Waals surface area contributed by atoms with Crippen molar-refractivity contribution in [2.75, 3.05) is 11.1 Å². The molecule has 0 aliphatic carbocycles. The van der Waals surface area contributed by atoms with E-state index in [0.717, 1.165) is 16.3 Å². The van der Waals surface area contributed by atoms with Gasteiger partial charge >= 0.3 is 5.69 Å². The van der Waals surface area contributed by atoms with Crippen LogP contribution in [0.3, 0.4) is 0 Å². The third-order valence-electron chi connectivity index (χ3n) is 3.65. The van der Waals surface area contributed by atoms with E-state index in [-0.39, 0.29) is 17.2 Å². The van der Waals surface area contributed by atoms with Crippen LogP contribution in [0.2, 0.25) is 0 Å². The van der Waals surface area contributed by atoms with Crippen molar-refractivity contribution in [2.24, 2.45) is 21.1 Å². The van der Waals surface area contributed by atoms with Crippen LogP contribution in [0.15, 0.2) is 25.3 Å². The summed E-state index contributed by atoms with van der Waals surface area (Å²) in [6.45, 7) is 1.72. The Balaban J connectivity index is 1.85. The van der Waals surface area contributed by atoms with Gasteiger partial charge in [0, 0.05) is 27.2 Å². The number of rotatable bonds is 4. The van der Waals surface area contributed by atoms with E-state index in [4.69, 9.17) is 4.52 Å². The quantitative estimate of drug-likeness (QED) is 0.648. The average Bonchev–Trinajstić information content (AvgIpc) is 3.12. The molecule has 3 aromatic rings. The van der Waals surface area contributed by atoms with Crippen LogP contribution < -0.4 is 16.6 Å². The molecule has 10 nitrogen and oxygen atoms in total. The lowest BCUT2D eigenvalue weighted by molar-refractivity contribution is -0.113. The number of hydrogen-bond acceptors (Lipinski definition) is 7. The van der Waals surface area contributed by atoms with E-state index >= 15 is 0 Å². The van der Waals surface area contributed by atoms with Crippen LogP contribution in [0, 0.1) is 6.92 Å². The molecule has 0 radical (unpaired) electrons. The molecule has 0 saturated heterocycles. The predicted molar refractivity (Wildman–Crippen MR) is 91.8 cm³/mol. The van der Waals surface area contributed by atoms with E-state index in [2.05, 4.69) is 15.5 Å². The van der Waals surface area contributed by atoms with E-state index < -0.39 is 11.2 Å². The Hall–Kier alpha value is -2.82. The summed E-state index contributed by atoms with van der Waals surface area (Å²) < 4.78 is 8.86. The van der Waals surface area contributed by atoms with Gasteiger partial charge in [-0.3, -0.25) is 18.7 Å². The monoisotopic (exact) mass is 364 g/mol. The van der Waals surface area contributed by atoms with Crippen molar-refractivity contribution in [3.05, 3.63) is 32.7 Å². The molecule has 0 unspecified atom stereocenters. The molecule has 1 amide bonds. The molecule has 0 spiro atoms. The van der Waals surface area contributed by atoms with Crippen LogP contribution in [0.1, 0.15) is 5.76 Å². The fourth-order valence-corrected chi connectivity index (χ4v) is 3.19. The summed E-state index contributed by atoms with van der Waals surface area (Å²) >= 11 is 1.15. The molecule has 0 bridgehead atoms. The lowest BCUT2D eigenvalue weighted by Crippen LogP contribution is -2.37. The molecular weight excluding hydrogens is 348 g/mol. The lowest BCUT2D eigenvalue weighted by Gasteiger charge is -2.06. The normalized spacial score (nSPS) is 11.2. The van der Waals surface area contributed by atoms with E-state index in [9.17, 15) is 14.4 Å². The number of aromatic nitrogens is 5. The molecule has 0 saturated carbocycles. The predicted octanol–water partition coefficient (Wildman–Crippen LogP) is -0.00208. The number of hydrogen-bond donors (Lipinski definition) is 1. The zero-order chi connectivity index (χ0) is 18.3. The summed E-state index contributed by atoms with van der Waals surface area (Å²) in [5.74, 6) is 0.712. The van der Waals surface area contributed by atoms with E-state index in [1.807, 2.05) is 0 Å². The molecule has 0 atom stereocenters. The lowest BCUT2D eigenvalue weighted by atomic mass is 10.5. The summed E-state index contributed by atoms with van der Waals surface area (Å²) in [6.07, 6.45) is 0. The van der Waals surface area contributed by atoms with Crippen molar-refractivity contribution < 1.29 is 9.32 Å². The molecule has 0 fully saturated rings. The maximum atomic E-state index is 12.2. The number of fused-ring (bicyclic) bond motifs is 1. The number of nitrogens with one attached hydrogen (secondary N) is 1. The van der Waals surface area contributed by atoms with Gasteiger partial charge in [-0.1, -0.05) is 16.9 Å². The highest BCUT2D eigenvalue weighted by Crippen LogP contribution is 2.20. The maximum Gasteiger partial charge on any atom is 0.332 e. The summed E-state index contributed by atoms with van der Waals surface area (Å²) in [6, 6.07) is 1.61. The number of carbonyl (C=O) groups is 1. The van der Waals surface area contributed by atoms with Gasteiger partial charge in [0.05, 0.1) is 5.75 Å². The first-order chi connectivity index (χ1) is 11.8. The smallest absolute Gasteiger partial charge is 0.332 e. The number of thioether (sulfide) groups is 1. The molecule has 0 aromatic carbocycles. The summed E-state index contributed by atoms with van der Waals surface area (Å²) in [4.78, 5) is 40.5. The summed E-state index contributed by atoms with van der Waals surface area (Å²) in [5.41, 5.74) is -0.315. The topological polar surface area (TPSA) is 117 Å². The van der Waals surface area contributed by atoms with Gasteiger partial charge in [0.2, 0.25) is 5.91 Å². The third-order valence-corrected chi connectivity index (χ3v) is 4.68. The Morgan fingerprint density at radius 2 is 1.96 bits per heavy atom. The zero-order valence-corrected chi connectivity index (χ0v) is 14.9. The summed E-state index contributed by atoms with van der Waals surface area (Å²) in [7, 11) is 4.66. The van der Waals surface area contributed by atoms with E-state index in [0.29, 0.717) is 22.4 Å². The second-order valence-electron chi connectivity index (χ2n) is 5.49. The van der Waals surface area contributed by atoms with Crippen LogP contribution in [-0.4, -0.2) is 35.5 Å². The molecule has 3 heterocycles. The molecule has 11 heteroatoms. The van der Waals surface area contributed by atoms with Crippen LogP contribution >= 0.6 is 11.8 Å². The van der Waals surface area contributed by atoms with Gasteiger partial charge in [0.15, 0.2) is 22.1 Å². The number of aryl methyl sites for hydroxylation is 3. The number of amides is 1. The van der Waals surface area contributed by atoms with Gasteiger partial charge in [-0.05, 0) is 6.92 Å². The van der Waals surface area contributed by atoms with Crippen molar-refractivity contribution >= 4 is 34.7 Å². The molecule has 1 N–H and O–H groups in total. The standard InChI is InChI=1S/C14H16N6O4S/c1-7-5-8(17-24-7)15-9(21)6-25-13-16-10-11(18(13)2)19(3)14(23)20(4)12(10)22/h5H,6H2,1-4H3,(H,15,17,21). The molecule has 3 aromatic heterocycles. The number of imidazole rings is 1. The summed E-state index contributed by atoms with van der Waals surface area (Å²) in [5, 5.41) is 6.75. The van der Waals surface area contributed by atoms with E-state index in [1.54, 1.807) is 31.7 Å². The van der Waals surface area contributed by atoms with Crippen molar-refractivity contribution in [3.8, 4) is 0 Å². The minimum atomic E-state index is -0.469. The van der Waals surface area contributed by atoms with E-state index in [1.165, 1.54) is 11.6 Å². The molecule has 25 heavy (non-hydrogen) atoms. The Morgan fingerprint density at radius 3 is 2.60 bits per heavy atom. The van der Waals surface area contributed by atoms with Gasteiger partial charge in [-0.15, -0.1) is 0 Å². The van der Waals surface area contributed by atoms with Gasteiger partial charge in [0.1, 0.15) is 5.76 Å². The zero-order valence-electron chi connectivity index (χ0n) is 14.1. The fourth-order valence-electron chi connectivity index (χ4n) is 2.42. The Labute approximate surface area is 145 Å². The Morgan fingerprint density at radius 1 is 1.24 bits per heavy atom. The second kappa shape index (κ2) is 6.24. The Kier molecular flexibility index (Phi) is 4.25. The largest absolute Gasteiger partial charge is 0.360 e. The molecule has 132 valence electrons. The number of anilines is 1. The number of nitrogens with zero attached hydrogens (tertiary/aromatic N) is 5.